The summed E-state index contributed by atoms with van der Waals surface area (Å²) >= 11 is 0. The molecule has 0 saturated carbocycles. The molecule has 126 valence electrons. The molecule has 1 aromatic heterocycles. The van der Waals surface area contributed by atoms with Crippen LogP contribution in [-0.4, -0.2) is 33.2 Å². The van der Waals surface area contributed by atoms with Crippen molar-refractivity contribution in [3.05, 3.63) is 41.2 Å². The van der Waals surface area contributed by atoms with Crippen molar-refractivity contribution in [3.8, 4) is 6.07 Å². The summed E-state index contributed by atoms with van der Waals surface area (Å²) < 4.78 is 30.0. The van der Waals surface area contributed by atoms with Gasteiger partial charge in [0.25, 0.3) is 0 Å². The second-order valence-electron chi connectivity index (χ2n) is 6.28. The van der Waals surface area contributed by atoms with E-state index in [0.29, 0.717) is 5.69 Å². The zero-order valence-corrected chi connectivity index (χ0v) is 13.4. The molecule has 8 heteroatoms. The molecule has 3 rings (SSSR count). The Labute approximate surface area is 137 Å². The third-order valence-electron chi connectivity index (χ3n) is 4.23. The molecule has 0 radical (unpaired) electrons. The third-order valence-corrected chi connectivity index (χ3v) is 4.23. The van der Waals surface area contributed by atoms with Crippen molar-refractivity contribution in [3.63, 3.8) is 0 Å². The van der Waals surface area contributed by atoms with Gasteiger partial charge in [-0.3, -0.25) is 0 Å². The summed E-state index contributed by atoms with van der Waals surface area (Å²) in [6, 6.07) is 3.79. The second kappa shape index (κ2) is 5.83. The molecule has 6 nitrogen and oxygen atoms in total. The molecule has 1 atom stereocenters. The lowest BCUT2D eigenvalue weighted by molar-refractivity contribution is 0.0558. The lowest BCUT2D eigenvalue weighted by Gasteiger charge is -2.23. The van der Waals surface area contributed by atoms with Crippen molar-refractivity contribution in [1.29, 1.82) is 5.26 Å². The van der Waals surface area contributed by atoms with Gasteiger partial charge in [0, 0.05) is 19.0 Å². The van der Waals surface area contributed by atoms with Gasteiger partial charge in [0.1, 0.15) is 17.0 Å². The zero-order valence-electron chi connectivity index (χ0n) is 13.4. The highest BCUT2D eigenvalue weighted by Gasteiger charge is 2.41. The van der Waals surface area contributed by atoms with E-state index < -0.39 is 17.2 Å². The maximum Gasteiger partial charge on any atom is 0.150 e. The Bertz CT molecular complexity index is 790. The lowest BCUT2D eigenvalue weighted by Crippen LogP contribution is -2.32. The van der Waals surface area contributed by atoms with Crippen LogP contribution in [0.15, 0.2) is 18.3 Å². The minimum absolute atomic E-state index is 0.00350. The van der Waals surface area contributed by atoms with Crippen LogP contribution in [0.5, 0.6) is 0 Å². The number of aromatic nitrogens is 3. The van der Waals surface area contributed by atoms with Gasteiger partial charge in [-0.05, 0) is 26.0 Å². The fourth-order valence-corrected chi connectivity index (χ4v) is 2.87. The van der Waals surface area contributed by atoms with Gasteiger partial charge in [0.05, 0.1) is 24.4 Å². The number of rotatable bonds is 3. The maximum absolute atomic E-state index is 14.2. The molecular formula is C16H17F2N5O. The van der Waals surface area contributed by atoms with E-state index in [0.717, 1.165) is 12.1 Å². The summed E-state index contributed by atoms with van der Waals surface area (Å²) in [4.78, 5) is 1.43. The number of nitriles is 1. The summed E-state index contributed by atoms with van der Waals surface area (Å²) in [5, 5.41) is 27.5. The van der Waals surface area contributed by atoms with E-state index in [1.54, 1.807) is 16.9 Å². The van der Waals surface area contributed by atoms with Gasteiger partial charge >= 0.3 is 0 Å². The molecule has 0 amide bonds. The first-order valence-electron chi connectivity index (χ1n) is 7.63. The Morgan fingerprint density at radius 2 is 2.00 bits per heavy atom. The van der Waals surface area contributed by atoms with Crippen LogP contribution in [0.2, 0.25) is 0 Å². The van der Waals surface area contributed by atoms with Gasteiger partial charge in [0.15, 0.2) is 11.6 Å². The number of halogens is 2. The van der Waals surface area contributed by atoms with Crippen LogP contribution in [0.25, 0.3) is 0 Å². The third kappa shape index (κ3) is 2.71. The van der Waals surface area contributed by atoms with Crippen LogP contribution >= 0.6 is 0 Å². The Morgan fingerprint density at radius 3 is 2.54 bits per heavy atom. The quantitative estimate of drug-likeness (QED) is 0.931. The van der Waals surface area contributed by atoms with E-state index in [2.05, 4.69) is 10.3 Å². The first-order chi connectivity index (χ1) is 11.3. The van der Waals surface area contributed by atoms with Crippen LogP contribution < -0.4 is 4.90 Å². The van der Waals surface area contributed by atoms with Crippen LogP contribution in [0.3, 0.4) is 0 Å². The molecule has 1 N–H and O–H groups in total. The van der Waals surface area contributed by atoms with Gasteiger partial charge in [-0.15, -0.1) is 5.10 Å². The molecule has 1 aromatic carbocycles. The number of anilines is 1. The summed E-state index contributed by atoms with van der Waals surface area (Å²) in [6.07, 6.45) is 1.93. The second-order valence-corrected chi connectivity index (χ2v) is 6.28. The smallest absolute Gasteiger partial charge is 0.150 e. The molecule has 24 heavy (non-hydrogen) atoms. The Hall–Kier alpha value is -2.53. The fourth-order valence-electron chi connectivity index (χ4n) is 2.87. The maximum atomic E-state index is 14.2. The molecule has 0 aliphatic carbocycles. The number of benzene rings is 1. The highest BCUT2D eigenvalue weighted by atomic mass is 19.1. The lowest BCUT2D eigenvalue weighted by atomic mass is 10.00. The summed E-state index contributed by atoms with van der Waals surface area (Å²) in [5.74, 6) is -1.64. The topological polar surface area (TPSA) is 78.0 Å². The van der Waals surface area contributed by atoms with Crippen molar-refractivity contribution in [2.75, 3.05) is 18.0 Å². The molecule has 0 bridgehead atoms. The number of hydrogen-bond donors (Lipinski definition) is 1. The Kier molecular flexibility index (Phi) is 3.97. The number of β-amino-alcohol motifs (C(OH)–C–C–N with tert-alkyl or cyclic N) is 1. The molecule has 2 aromatic rings. The normalized spacial score (nSPS) is 20.6. The number of aliphatic hydroxyl groups is 1. The van der Waals surface area contributed by atoms with Gasteiger partial charge < -0.3 is 10.0 Å². The van der Waals surface area contributed by atoms with E-state index in [1.807, 2.05) is 13.8 Å². The molecular weight excluding hydrogens is 316 g/mol. The highest BCUT2D eigenvalue weighted by Crippen LogP contribution is 2.36. The van der Waals surface area contributed by atoms with Crippen LogP contribution in [0.4, 0.5) is 14.5 Å². The minimum atomic E-state index is -1.32. The Balaban J connectivity index is 1.88. The average molecular weight is 333 g/mol. The predicted molar refractivity (Wildman–Crippen MR) is 82.2 cm³/mol. The predicted octanol–water partition coefficient (Wildman–Crippen LogP) is 2.11. The Morgan fingerprint density at radius 1 is 1.33 bits per heavy atom. The summed E-state index contributed by atoms with van der Waals surface area (Å²) in [6.45, 7) is 4.14. The van der Waals surface area contributed by atoms with E-state index in [4.69, 9.17) is 5.26 Å². The fraction of sp³-hybridized carbons (Fsp3) is 0.438. The van der Waals surface area contributed by atoms with Crippen molar-refractivity contribution in [2.45, 2.75) is 31.9 Å². The summed E-state index contributed by atoms with van der Waals surface area (Å²) in [5.41, 5.74) is -1.25. The molecule has 1 saturated heterocycles. The minimum Gasteiger partial charge on any atom is -0.381 e. The molecule has 1 fully saturated rings. The monoisotopic (exact) mass is 333 g/mol. The SMILES string of the molecule is CC(C)n1cc(C2(O)CCN(c3c(F)cc(C#N)cc3F)C2)nn1. The molecule has 0 spiro atoms. The van der Waals surface area contributed by atoms with Crippen LogP contribution in [0, 0.1) is 23.0 Å². The summed E-state index contributed by atoms with van der Waals surface area (Å²) in [7, 11) is 0. The van der Waals surface area contributed by atoms with Gasteiger partial charge in [0.2, 0.25) is 0 Å². The molecule has 2 heterocycles. The van der Waals surface area contributed by atoms with E-state index in [1.165, 1.54) is 4.90 Å². The number of hydrogen-bond acceptors (Lipinski definition) is 5. The van der Waals surface area contributed by atoms with Crippen LogP contribution in [-0.2, 0) is 5.60 Å². The van der Waals surface area contributed by atoms with Gasteiger partial charge in [-0.25, -0.2) is 13.5 Å². The van der Waals surface area contributed by atoms with E-state index in [-0.39, 0.29) is 36.8 Å². The van der Waals surface area contributed by atoms with E-state index >= 15 is 0 Å². The molecule has 1 aliphatic rings. The standard InChI is InChI=1S/C16H17F2N5O/c1-10(2)23-8-14(20-21-23)16(24)3-4-22(9-16)15-12(17)5-11(7-19)6-13(15)18/h5-6,8,10,24H,3-4,9H2,1-2H3. The first kappa shape index (κ1) is 16.3. The zero-order chi connectivity index (χ0) is 17.5. The first-order valence-corrected chi connectivity index (χ1v) is 7.63. The van der Waals surface area contributed by atoms with Gasteiger partial charge in [-0.1, -0.05) is 5.21 Å². The van der Waals surface area contributed by atoms with Crippen molar-refractivity contribution >= 4 is 5.69 Å². The highest BCUT2D eigenvalue weighted by molar-refractivity contribution is 5.54. The van der Waals surface area contributed by atoms with E-state index in [9.17, 15) is 13.9 Å². The molecule has 1 aliphatic heterocycles. The van der Waals surface area contributed by atoms with Crippen LogP contribution in [0.1, 0.15) is 37.6 Å². The van der Waals surface area contributed by atoms with Crippen molar-refractivity contribution in [1.82, 2.24) is 15.0 Å². The average Bonchev–Trinajstić information content (AvgIpc) is 3.15. The van der Waals surface area contributed by atoms with Gasteiger partial charge in [-0.2, -0.15) is 5.26 Å². The van der Waals surface area contributed by atoms with Crippen molar-refractivity contribution in [2.24, 2.45) is 0 Å². The number of nitrogens with zero attached hydrogens (tertiary/aromatic N) is 5. The molecule has 1 unspecified atom stereocenters. The largest absolute Gasteiger partial charge is 0.381 e. The van der Waals surface area contributed by atoms with Crippen molar-refractivity contribution < 1.29 is 13.9 Å².